The minimum atomic E-state index is 0.604. The van der Waals surface area contributed by atoms with Crippen molar-refractivity contribution in [3.63, 3.8) is 0 Å². The van der Waals surface area contributed by atoms with E-state index in [9.17, 15) is 0 Å². The molecule has 1 saturated carbocycles. The van der Waals surface area contributed by atoms with Crippen LogP contribution in [0.1, 0.15) is 38.2 Å². The van der Waals surface area contributed by atoms with Crippen molar-refractivity contribution in [2.45, 2.75) is 45.6 Å². The quantitative estimate of drug-likeness (QED) is 0.745. The molecule has 2 nitrogen and oxygen atoms in total. The molecule has 0 saturated heterocycles. The van der Waals surface area contributed by atoms with Crippen molar-refractivity contribution >= 4 is 11.4 Å². The number of hydrogen-bond donors (Lipinski definition) is 2. The number of anilines is 2. The van der Waals surface area contributed by atoms with E-state index in [0.29, 0.717) is 6.04 Å². The Morgan fingerprint density at radius 3 is 2.81 bits per heavy atom. The van der Waals surface area contributed by atoms with Gasteiger partial charge in [-0.1, -0.05) is 31.9 Å². The van der Waals surface area contributed by atoms with Crippen LogP contribution < -0.4 is 11.1 Å². The number of nitrogen functional groups attached to an aromatic ring is 1. The number of nitrogens with two attached hydrogens (primary N) is 1. The van der Waals surface area contributed by atoms with E-state index in [-0.39, 0.29) is 0 Å². The average Bonchev–Trinajstić information content (AvgIpc) is 2.24. The molecule has 0 spiro atoms. The SMILES string of the molecule is Cc1cccc(N)c1NC1CCCC(C)C1. The van der Waals surface area contributed by atoms with Crippen molar-refractivity contribution < 1.29 is 0 Å². The van der Waals surface area contributed by atoms with Crippen LogP contribution in [0.2, 0.25) is 0 Å². The summed E-state index contributed by atoms with van der Waals surface area (Å²) in [5, 5.41) is 3.62. The fourth-order valence-corrected chi connectivity index (χ4v) is 2.66. The smallest absolute Gasteiger partial charge is 0.0605 e. The van der Waals surface area contributed by atoms with Gasteiger partial charge in [-0.2, -0.15) is 0 Å². The van der Waals surface area contributed by atoms with Gasteiger partial charge < -0.3 is 11.1 Å². The standard InChI is InChI=1S/C14H22N2/c1-10-5-3-7-12(9-10)16-14-11(2)6-4-8-13(14)15/h4,6,8,10,12,16H,3,5,7,9,15H2,1-2H3. The number of hydrogen-bond acceptors (Lipinski definition) is 2. The lowest BCUT2D eigenvalue weighted by molar-refractivity contribution is 0.358. The minimum Gasteiger partial charge on any atom is -0.397 e. The summed E-state index contributed by atoms with van der Waals surface area (Å²) in [5.41, 5.74) is 9.27. The van der Waals surface area contributed by atoms with Gasteiger partial charge in [0.2, 0.25) is 0 Å². The number of para-hydroxylation sites is 1. The lowest BCUT2D eigenvalue weighted by Crippen LogP contribution is -2.26. The van der Waals surface area contributed by atoms with Gasteiger partial charge in [0.05, 0.1) is 11.4 Å². The highest BCUT2D eigenvalue weighted by Crippen LogP contribution is 2.29. The maximum atomic E-state index is 6.01. The summed E-state index contributed by atoms with van der Waals surface area (Å²) >= 11 is 0. The van der Waals surface area contributed by atoms with Gasteiger partial charge in [-0.15, -0.1) is 0 Å². The second kappa shape index (κ2) is 4.77. The monoisotopic (exact) mass is 218 g/mol. The van der Waals surface area contributed by atoms with Gasteiger partial charge in [0.1, 0.15) is 0 Å². The molecule has 2 rings (SSSR count). The van der Waals surface area contributed by atoms with Gasteiger partial charge in [0.25, 0.3) is 0 Å². The molecule has 88 valence electrons. The lowest BCUT2D eigenvalue weighted by atomic mass is 9.87. The van der Waals surface area contributed by atoms with Crippen molar-refractivity contribution in [1.29, 1.82) is 0 Å². The fourth-order valence-electron chi connectivity index (χ4n) is 2.66. The summed E-state index contributed by atoms with van der Waals surface area (Å²) in [4.78, 5) is 0. The zero-order valence-corrected chi connectivity index (χ0v) is 10.3. The molecule has 16 heavy (non-hydrogen) atoms. The number of aryl methyl sites for hydroxylation is 1. The predicted molar refractivity (Wildman–Crippen MR) is 70.6 cm³/mol. The molecule has 1 aliphatic rings. The van der Waals surface area contributed by atoms with E-state index in [0.717, 1.165) is 17.3 Å². The van der Waals surface area contributed by atoms with Gasteiger partial charge in [-0.05, 0) is 37.3 Å². The Morgan fingerprint density at radius 1 is 1.31 bits per heavy atom. The molecule has 0 bridgehead atoms. The second-order valence-corrected chi connectivity index (χ2v) is 5.15. The normalized spacial score (nSPS) is 25.4. The van der Waals surface area contributed by atoms with Crippen molar-refractivity contribution in [3.8, 4) is 0 Å². The number of benzene rings is 1. The van der Waals surface area contributed by atoms with E-state index in [1.807, 2.05) is 12.1 Å². The molecular weight excluding hydrogens is 196 g/mol. The third-order valence-electron chi connectivity index (χ3n) is 3.59. The zero-order chi connectivity index (χ0) is 11.5. The van der Waals surface area contributed by atoms with Gasteiger partial charge in [-0.25, -0.2) is 0 Å². The number of nitrogens with one attached hydrogen (secondary N) is 1. The van der Waals surface area contributed by atoms with Crippen LogP contribution in [0.25, 0.3) is 0 Å². The molecule has 1 fully saturated rings. The van der Waals surface area contributed by atoms with E-state index in [1.165, 1.54) is 31.2 Å². The van der Waals surface area contributed by atoms with Crippen LogP contribution in [-0.2, 0) is 0 Å². The van der Waals surface area contributed by atoms with Crippen LogP contribution in [0.5, 0.6) is 0 Å². The van der Waals surface area contributed by atoms with Crippen LogP contribution in [0.15, 0.2) is 18.2 Å². The Hall–Kier alpha value is -1.18. The van der Waals surface area contributed by atoms with Gasteiger partial charge in [0, 0.05) is 6.04 Å². The fraction of sp³-hybridized carbons (Fsp3) is 0.571. The van der Waals surface area contributed by atoms with Crippen LogP contribution >= 0.6 is 0 Å². The highest BCUT2D eigenvalue weighted by Gasteiger charge is 2.19. The van der Waals surface area contributed by atoms with E-state index in [4.69, 9.17) is 5.73 Å². The Bertz CT molecular complexity index is 340. The topological polar surface area (TPSA) is 38.0 Å². The van der Waals surface area contributed by atoms with Crippen LogP contribution in [0.3, 0.4) is 0 Å². The first-order valence-electron chi connectivity index (χ1n) is 6.28. The van der Waals surface area contributed by atoms with Gasteiger partial charge in [0.15, 0.2) is 0 Å². The number of rotatable bonds is 2. The molecule has 1 aromatic rings. The summed E-state index contributed by atoms with van der Waals surface area (Å²) in [6.07, 6.45) is 5.26. The van der Waals surface area contributed by atoms with Crippen LogP contribution in [0, 0.1) is 12.8 Å². The molecule has 1 aromatic carbocycles. The van der Waals surface area contributed by atoms with Crippen LogP contribution in [0.4, 0.5) is 11.4 Å². The van der Waals surface area contributed by atoms with E-state index in [2.05, 4.69) is 25.2 Å². The first kappa shape index (κ1) is 11.3. The highest BCUT2D eigenvalue weighted by molar-refractivity contribution is 5.70. The van der Waals surface area contributed by atoms with E-state index in [1.54, 1.807) is 0 Å². The Kier molecular flexibility index (Phi) is 3.37. The molecule has 2 unspecified atom stereocenters. The molecule has 1 aliphatic carbocycles. The summed E-state index contributed by atoms with van der Waals surface area (Å²) in [6.45, 7) is 4.46. The first-order chi connectivity index (χ1) is 7.66. The molecular formula is C14H22N2. The van der Waals surface area contributed by atoms with Gasteiger partial charge in [-0.3, -0.25) is 0 Å². The summed E-state index contributed by atoms with van der Waals surface area (Å²) in [6, 6.07) is 6.71. The largest absolute Gasteiger partial charge is 0.397 e. The Balaban J connectivity index is 2.08. The molecule has 0 aromatic heterocycles. The maximum absolute atomic E-state index is 6.01. The Labute approximate surface area is 98.2 Å². The third-order valence-corrected chi connectivity index (χ3v) is 3.59. The van der Waals surface area contributed by atoms with E-state index >= 15 is 0 Å². The van der Waals surface area contributed by atoms with Gasteiger partial charge >= 0.3 is 0 Å². The molecule has 0 radical (unpaired) electrons. The summed E-state index contributed by atoms with van der Waals surface area (Å²) in [5.74, 6) is 0.844. The lowest BCUT2D eigenvalue weighted by Gasteiger charge is -2.29. The summed E-state index contributed by atoms with van der Waals surface area (Å²) < 4.78 is 0. The molecule has 2 heteroatoms. The zero-order valence-electron chi connectivity index (χ0n) is 10.3. The predicted octanol–water partition coefficient (Wildman–Crippen LogP) is 3.57. The third kappa shape index (κ3) is 2.49. The molecule has 2 atom stereocenters. The first-order valence-corrected chi connectivity index (χ1v) is 6.28. The molecule has 3 N–H and O–H groups in total. The average molecular weight is 218 g/mol. The van der Waals surface area contributed by atoms with Crippen LogP contribution in [-0.4, -0.2) is 6.04 Å². The van der Waals surface area contributed by atoms with Crippen molar-refractivity contribution in [3.05, 3.63) is 23.8 Å². The van der Waals surface area contributed by atoms with Crippen molar-refractivity contribution in [2.24, 2.45) is 5.92 Å². The second-order valence-electron chi connectivity index (χ2n) is 5.15. The molecule has 0 amide bonds. The Morgan fingerprint density at radius 2 is 2.12 bits per heavy atom. The minimum absolute atomic E-state index is 0.604. The van der Waals surface area contributed by atoms with Crippen molar-refractivity contribution in [1.82, 2.24) is 0 Å². The molecule has 0 heterocycles. The van der Waals surface area contributed by atoms with Crippen molar-refractivity contribution in [2.75, 3.05) is 11.1 Å². The summed E-state index contributed by atoms with van der Waals surface area (Å²) in [7, 11) is 0. The maximum Gasteiger partial charge on any atom is 0.0605 e. The highest BCUT2D eigenvalue weighted by atomic mass is 14.9. The molecule has 0 aliphatic heterocycles. The van der Waals surface area contributed by atoms with E-state index < -0.39 is 0 Å².